The van der Waals surface area contributed by atoms with Crippen molar-refractivity contribution in [1.82, 2.24) is 0 Å². The predicted octanol–water partition coefficient (Wildman–Crippen LogP) is 0.455. The molecule has 4 heteroatoms. The van der Waals surface area contributed by atoms with E-state index in [9.17, 15) is 9.59 Å². The van der Waals surface area contributed by atoms with E-state index in [0.29, 0.717) is 6.61 Å². The molecule has 0 aliphatic heterocycles. The van der Waals surface area contributed by atoms with Gasteiger partial charge in [0.2, 0.25) is 6.10 Å². The third-order valence-corrected chi connectivity index (χ3v) is 1.16. The fourth-order valence-electron chi connectivity index (χ4n) is 0.523. The van der Waals surface area contributed by atoms with Gasteiger partial charge in [-0.3, -0.25) is 4.79 Å². The first-order chi connectivity index (χ1) is 5.22. The molecule has 64 valence electrons. The van der Waals surface area contributed by atoms with E-state index in [-0.39, 0.29) is 6.29 Å². The van der Waals surface area contributed by atoms with Crippen LogP contribution in [0.4, 0.5) is 0 Å². The lowest BCUT2D eigenvalue weighted by Gasteiger charge is -2.05. The van der Waals surface area contributed by atoms with Crippen molar-refractivity contribution in [2.75, 3.05) is 6.61 Å². The summed E-state index contributed by atoms with van der Waals surface area (Å²) in [5, 5.41) is 8.32. The van der Waals surface area contributed by atoms with E-state index in [1.54, 1.807) is 0 Å². The molecule has 0 aliphatic rings. The van der Waals surface area contributed by atoms with Gasteiger partial charge in [0.15, 0.2) is 6.29 Å². The van der Waals surface area contributed by atoms with Crippen LogP contribution < -0.4 is 0 Å². The van der Waals surface area contributed by atoms with Crippen molar-refractivity contribution in [2.24, 2.45) is 0 Å². The van der Waals surface area contributed by atoms with Gasteiger partial charge in [-0.1, -0.05) is 13.3 Å². The second-order valence-corrected chi connectivity index (χ2v) is 2.12. The number of carbonyl (C=O) groups excluding carboxylic acids is 1. The number of aldehydes is 1. The molecular formula is C7H12O4. The normalized spacial score (nSPS) is 12.5. The number of rotatable bonds is 6. The number of carboxylic acids is 1. The molecule has 0 rings (SSSR count). The Labute approximate surface area is 65.2 Å². The van der Waals surface area contributed by atoms with E-state index in [4.69, 9.17) is 9.84 Å². The second kappa shape index (κ2) is 5.85. The van der Waals surface area contributed by atoms with E-state index in [0.717, 1.165) is 12.8 Å². The van der Waals surface area contributed by atoms with Gasteiger partial charge >= 0.3 is 5.97 Å². The molecule has 0 heterocycles. The molecule has 0 saturated carbocycles. The maximum Gasteiger partial charge on any atom is 0.340 e. The fraction of sp³-hybridized carbons (Fsp3) is 0.714. The largest absolute Gasteiger partial charge is 0.479 e. The van der Waals surface area contributed by atoms with Crippen LogP contribution in [0.1, 0.15) is 19.8 Å². The topological polar surface area (TPSA) is 63.6 Å². The summed E-state index contributed by atoms with van der Waals surface area (Å²) in [4.78, 5) is 20.2. The molecule has 0 aliphatic carbocycles. The molecule has 0 fully saturated rings. The van der Waals surface area contributed by atoms with Crippen molar-refractivity contribution in [3.05, 3.63) is 0 Å². The van der Waals surface area contributed by atoms with Gasteiger partial charge in [0.05, 0.1) is 0 Å². The fourth-order valence-corrected chi connectivity index (χ4v) is 0.523. The minimum atomic E-state index is -1.29. The molecule has 0 aromatic heterocycles. The van der Waals surface area contributed by atoms with Crippen LogP contribution in [-0.2, 0) is 14.3 Å². The Kier molecular flexibility index (Phi) is 5.37. The first-order valence-electron chi connectivity index (χ1n) is 3.52. The Morgan fingerprint density at radius 2 is 2.36 bits per heavy atom. The van der Waals surface area contributed by atoms with Crippen LogP contribution in [0.2, 0.25) is 0 Å². The van der Waals surface area contributed by atoms with Crippen molar-refractivity contribution in [2.45, 2.75) is 25.9 Å². The zero-order chi connectivity index (χ0) is 8.69. The van der Waals surface area contributed by atoms with Gasteiger partial charge < -0.3 is 9.84 Å². The highest BCUT2D eigenvalue weighted by Gasteiger charge is 2.15. The highest BCUT2D eigenvalue weighted by molar-refractivity contribution is 5.89. The van der Waals surface area contributed by atoms with Crippen LogP contribution in [0.5, 0.6) is 0 Å². The Balaban J connectivity index is 3.52. The zero-order valence-electron chi connectivity index (χ0n) is 6.45. The van der Waals surface area contributed by atoms with Crippen LogP contribution in [0, 0.1) is 0 Å². The van der Waals surface area contributed by atoms with Gasteiger partial charge in [-0.25, -0.2) is 4.79 Å². The van der Waals surface area contributed by atoms with E-state index < -0.39 is 12.1 Å². The molecule has 1 N–H and O–H groups in total. The highest BCUT2D eigenvalue weighted by atomic mass is 16.5. The lowest BCUT2D eigenvalue weighted by Crippen LogP contribution is -2.25. The molecule has 0 radical (unpaired) electrons. The molecule has 1 atom stereocenters. The third kappa shape index (κ3) is 4.50. The summed E-state index contributed by atoms with van der Waals surface area (Å²) in [5.74, 6) is -1.23. The Morgan fingerprint density at radius 1 is 1.73 bits per heavy atom. The molecule has 0 spiro atoms. The number of carbonyl (C=O) groups is 2. The standard InChI is InChI=1S/C7H12O4/c1-2-3-4-11-6(5-8)7(9)10/h5-6H,2-4H2,1H3,(H,9,10). The minimum absolute atomic E-state index is 0.290. The third-order valence-electron chi connectivity index (χ3n) is 1.16. The summed E-state index contributed by atoms with van der Waals surface area (Å²) in [6, 6.07) is 0. The Morgan fingerprint density at radius 3 is 2.73 bits per heavy atom. The van der Waals surface area contributed by atoms with E-state index >= 15 is 0 Å². The lowest BCUT2D eigenvalue weighted by atomic mass is 10.3. The van der Waals surface area contributed by atoms with Crippen molar-refractivity contribution >= 4 is 12.3 Å². The summed E-state index contributed by atoms with van der Waals surface area (Å²) in [6.07, 6.45) is 0.697. The lowest BCUT2D eigenvalue weighted by molar-refractivity contribution is -0.152. The smallest absolute Gasteiger partial charge is 0.340 e. The predicted molar refractivity (Wildman–Crippen MR) is 38.3 cm³/mol. The van der Waals surface area contributed by atoms with Crippen molar-refractivity contribution in [1.29, 1.82) is 0 Å². The van der Waals surface area contributed by atoms with Crippen molar-refractivity contribution in [3.8, 4) is 0 Å². The van der Waals surface area contributed by atoms with E-state index in [1.165, 1.54) is 0 Å². The zero-order valence-corrected chi connectivity index (χ0v) is 6.45. The van der Waals surface area contributed by atoms with Crippen LogP contribution in [0.25, 0.3) is 0 Å². The minimum Gasteiger partial charge on any atom is -0.479 e. The molecule has 4 nitrogen and oxygen atoms in total. The summed E-state index contributed by atoms with van der Waals surface area (Å²) < 4.78 is 4.73. The molecule has 0 aromatic carbocycles. The van der Waals surface area contributed by atoms with Crippen molar-refractivity contribution in [3.63, 3.8) is 0 Å². The van der Waals surface area contributed by atoms with Gasteiger partial charge in [-0.15, -0.1) is 0 Å². The SMILES string of the molecule is CCCCOC(C=O)C(=O)O. The van der Waals surface area contributed by atoms with Crippen LogP contribution in [0.15, 0.2) is 0 Å². The molecule has 0 amide bonds. The monoisotopic (exact) mass is 160 g/mol. The quantitative estimate of drug-likeness (QED) is 0.348. The number of carboxylic acid groups (broad SMARTS) is 1. The van der Waals surface area contributed by atoms with Crippen LogP contribution >= 0.6 is 0 Å². The Hall–Kier alpha value is -0.900. The van der Waals surface area contributed by atoms with Crippen LogP contribution in [0.3, 0.4) is 0 Å². The average Bonchev–Trinajstić information content (AvgIpc) is 1.97. The van der Waals surface area contributed by atoms with E-state index in [2.05, 4.69) is 0 Å². The summed E-state index contributed by atoms with van der Waals surface area (Å²) in [7, 11) is 0. The first kappa shape index (κ1) is 10.1. The first-order valence-corrected chi connectivity index (χ1v) is 3.52. The van der Waals surface area contributed by atoms with Crippen LogP contribution in [-0.4, -0.2) is 30.1 Å². The molecule has 0 aromatic rings. The van der Waals surface area contributed by atoms with Gasteiger partial charge in [-0.05, 0) is 6.42 Å². The summed E-state index contributed by atoms with van der Waals surface area (Å²) in [6.45, 7) is 2.28. The Bertz CT molecular complexity index is 132. The maximum atomic E-state index is 10.2. The van der Waals surface area contributed by atoms with Gasteiger partial charge in [0.25, 0.3) is 0 Å². The maximum absolute atomic E-state index is 10.2. The molecule has 0 saturated heterocycles. The summed E-state index contributed by atoms with van der Waals surface area (Å²) >= 11 is 0. The molecular weight excluding hydrogens is 148 g/mol. The molecule has 0 bridgehead atoms. The number of ether oxygens (including phenoxy) is 1. The number of hydrogen-bond donors (Lipinski definition) is 1. The van der Waals surface area contributed by atoms with Crippen molar-refractivity contribution < 1.29 is 19.4 Å². The molecule has 11 heavy (non-hydrogen) atoms. The molecule has 1 unspecified atom stereocenters. The average molecular weight is 160 g/mol. The highest BCUT2D eigenvalue weighted by Crippen LogP contribution is 1.93. The van der Waals surface area contributed by atoms with Gasteiger partial charge in [-0.2, -0.15) is 0 Å². The summed E-state index contributed by atoms with van der Waals surface area (Å²) in [5.41, 5.74) is 0. The van der Waals surface area contributed by atoms with Gasteiger partial charge in [0.1, 0.15) is 0 Å². The number of unbranched alkanes of at least 4 members (excludes halogenated alkanes) is 1. The van der Waals surface area contributed by atoms with Gasteiger partial charge in [0, 0.05) is 6.61 Å². The number of aliphatic carboxylic acids is 1. The van der Waals surface area contributed by atoms with E-state index in [1.807, 2.05) is 6.92 Å². The second-order valence-electron chi connectivity index (χ2n) is 2.12. The number of hydrogen-bond acceptors (Lipinski definition) is 3.